The first kappa shape index (κ1) is 12.9. The summed E-state index contributed by atoms with van der Waals surface area (Å²) in [5.41, 5.74) is 3.00. The number of likely N-dealkylation sites (N-methyl/N-ethyl adjacent to an activating group) is 1. The van der Waals surface area contributed by atoms with Crippen molar-refractivity contribution in [2.75, 3.05) is 33.8 Å². The Morgan fingerprint density at radius 3 is 3.00 bits per heavy atom. The highest BCUT2D eigenvalue weighted by molar-refractivity contribution is 5.39. The molecular formula is C16H24N2O. The fourth-order valence-electron chi connectivity index (χ4n) is 3.64. The van der Waals surface area contributed by atoms with Crippen molar-refractivity contribution in [2.45, 2.75) is 25.3 Å². The molecule has 0 spiro atoms. The van der Waals surface area contributed by atoms with Crippen LogP contribution >= 0.6 is 0 Å². The van der Waals surface area contributed by atoms with Crippen molar-refractivity contribution in [2.24, 2.45) is 5.92 Å². The van der Waals surface area contributed by atoms with Gasteiger partial charge in [-0.05, 0) is 68.6 Å². The van der Waals surface area contributed by atoms with Gasteiger partial charge in [-0.25, -0.2) is 0 Å². The maximum Gasteiger partial charge on any atom is 0.119 e. The number of hydrogen-bond acceptors (Lipinski definition) is 3. The van der Waals surface area contributed by atoms with E-state index in [1.165, 1.54) is 37.1 Å². The lowest BCUT2D eigenvalue weighted by Crippen LogP contribution is -2.42. The van der Waals surface area contributed by atoms with Crippen molar-refractivity contribution in [1.29, 1.82) is 0 Å². The van der Waals surface area contributed by atoms with Gasteiger partial charge in [0.15, 0.2) is 0 Å². The summed E-state index contributed by atoms with van der Waals surface area (Å²) in [5.74, 6) is 1.72. The third-order valence-corrected chi connectivity index (χ3v) is 4.66. The van der Waals surface area contributed by atoms with Crippen molar-refractivity contribution in [3.8, 4) is 5.75 Å². The van der Waals surface area contributed by atoms with Crippen LogP contribution in [0, 0.1) is 5.92 Å². The molecule has 0 aliphatic carbocycles. The molecule has 19 heavy (non-hydrogen) atoms. The average Bonchev–Trinajstić information content (AvgIpc) is 2.47. The van der Waals surface area contributed by atoms with Crippen molar-refractivity contribution >= 4 is 0 Å². The summed E-state index contributed by atoms with van der Waals surface area (Å²) in [6.07, 6.45) is 3.79. The predicted molar refractivity (Wildman–Crippen MR) is 77.7 cm³/mol. The van der Waals surface area contributed by atoms with E-state index in [2.05, 4.69) is 35.5 Å². The smallest absolute Gasteiger partial charge is 0.119 e. The highest BCUT2D eigenvalue weighted by Gasteiger charge is 2.32. The minimum absolute atomic E-state index is 0.548. The molecule has 2 atom stereocenters. The Morgan fingerprint density at radius 1 is 1.37 bits per heavy atom. The van der Waals surface area contributed by atoms with E-state index in [0.717, 1.165) is 24.6 Å². The van der Waals surface area contributed by atoms with Gasteiger partial charge >= 0.3 is 0 Å². The highest BCUT2D eigenvalue weighted by atomic mass is 16.5. The molecule has 1 aromatic rings. The molecule has 2 aliphatic heterocycles. The second kappa shape index (κ2) is 5.51. The molecule has 3 heteroatoms. The van der Waals surface area contributed by atoms with Crippen LogP contribution in [0.15, 0.2) is 18.2 Å². The second-order valence-electron chi connectivity index (χ2n) is 5.85. The number of fused-ring (bicyclic) bond motifs is 1. The van der Waals surface area contributed by atoms with Crippen molar-refractivity contribution < 1.29 is 4.74 Å². The summed E-state index contributed by atoms with van der Waals surface area (Å²) in [6, 6.07) is 7.15. The van der Waals surface area contributed by atoms with Crippen LogP contribution < -0.4 is 10.1 Å². The zero-order valence-electron chi connectivity index (χ0n) is 12.0. The topological polar surface area (TPSA) is 24.5 Å². The lowest BCUT2D eigenvalue weighted by Gasteiger charge is -2.41. The van der Waals surface area contributed by atoms with E-state index in [9.17, 15) is 0 Å². The molecule has 2 aliphatic rings. The molecule has 104 valence electrons. The number of nitrogens with zero attached hydrogens (tertiary/aromatic N) is 1. The Bertz CT molecular complexity index is 440. The SMILES string of the molecule is COc1ccc2c(c1)C(C1CCCNC1)N(C)CC2. The van der Waals surface area contributed by atoms with Crippen LogP contribution in [0.5, 0.6) is 5.75 Å². The molecule has 0 aromatic heterocycles. The zero-order chi connectivity index (χ0) is 13.2. The predicted octanol–water partition coefficient (Wildman–Crippen LogP) is 2.22. The van der Waals surface area contributed by atoms with Gasteiger partial charge in [0.1, 0.15) is 5.75 Å². The van der Waals surface area contributed by atoms with Crippen LogP contribution in [0.1, 0.15) is 30.0 Å². The van der Waals surface area contributed by atoms with Crippen LogP contribution in [0.3, 0.4) is 0 Å². The van der Waals surface area contributed by atoms with Gasteiger partial charge in [0.2, 0.25) is 0 Å². The van der Waals surface area contributed by atoms with Crippen molar-refractivity contribution in [3.63, 3.8) is 0 Å². The molecule has 1 aromatic carbocycles. The van der Waals surface area contributed by atoms with Crippen LogP contribution in [0.2, 0.25) is 0 Å². The number of rotatable bonds is 2. The molecule has 1 N–H and O–H groups in total. The largest absolute Gasteiger partial charge is 0.497 e. The Balaban J connectivity index is 1.94. The fraction of sp³-hybridized carbons (Fsp3) is 0.625. The fourth-order valence-corrected chi connectivity index (χ4v) is 3.64. The molecule has 1 saturated heterocycles. The maximum absolute atomic E-state index is 5.42. The first-order chi connectivity index (χ1) is 9.29. The van der Waals surface area contributed by atoms with Crippen LogP contribution in [0.4, 0.5) is 0 Å². The second-order valence-corrected chi connectivity index (χ2v) is 5.85. The van der Waals surface area contributed by atoms with E-state index >= 15 is 0 Å². The van der Waals surface area contributed by atoms with Gasteiger partial charge < -0.3 is 10.1 Å². The highest BCUT2D eigenvalue weighted by Crippen LogP contribution is 2.38. The van der Waals surface area contributed by atoms with Crippen LogP contribution in [-0.2, 0) is 6.42 Å². The summed E-state index contributed by atoms with van der Waals surface area (Å²) in [4.78, 5) is 2.53. The van der Waals surface area contributed by atoms with Crippen molar-refractivity contribution in [1.82, 2.24) is 10.2 Å². The molecule has 1 fully saturated rings. The molecular weight excluding hydrogens is 236 g/mol. The summed E-state index contributed by atoms with van der Waals surface area (Å²) in [6.45, 7) is 3.49. The molecule has 0 saturated carbocycles. The van der Waals surface area contributed by atoms with E-state index in [0.29, 0.717) is 6.04 Å². The third-order valence-electron chi connectivity index (χ3n) is 4.66. The summed E-state index contributed by atoms with van der Waals surface area (Å²) in [5, 5.41) is 3.55. The van der Waals surface area contributed by atoms with E-state index in [1.807, 2.05) is 0 Å². The van der Waals surface area contributed by atoms with Gasteiger partial charge in [-0.1, -0.05) is 6.07 Å². The Hall–Kier alpha value is -1.06. The third kappa shape index (κ3) is 2.49. The molecule has 0 amide bonds. The van der Waals surface area contributed by atoms with Crippen molar-refractivity contribution in [3.05, 3.63) is 29.3 Å². The number of methoxy groups -OCH3 is 1. The Kier molecular flexibility index (Phi) is 3.76. The van der Waals surface area contributed by atoms with Gasteiger partial charge in [-0.3, -0.25) is 4.90 Å². The van der Waals surface area contributed by atoms with Gasteiger partial charge in [-0.2, -0.15) is 0 Å². The van der Waals surface area contributed by atoms with Gasteiger partial charge in [0, 0.05) is 12.6 Å². The minimum atomic E-state index is 0.548. The van der Waals surface area contributed by atoms with Crippen LogP contribution in [-0.4, -0.2) is 38.7 Å². The molecule has 0 bridgehead atoms. The monoisotopic (exact) mass is 260 g/mol. The van der Waals surface area contributed by atoms with Gasteiger partial charge in [0.25, 0.3) is 0 Å². The first-order valence-electron chi connectivity index (χ1n) is 7.37. The maximum atomic E-state index is 5.42. The lowest BCUT2D eigenvalue weighted by atomic mass is 9.81. The average molecular weight is 260 g/mol. The summed E-state index contributed by atoms with van der Waals surface area (Å²) in [7, 11) is 4.02. The number of benzene rings is 1. The first-order valence-corrected chi connectivity index (χ1v) is 7.37. The van der Waals surface area contributed by atoms with Crippen LogP contribution in [0.25, 0.3) is 0 Å². The molecule has 0 radical (unpaired) electrons. The lowest BCUT2D eigenvalue weighted by molar-refractivity contribution is 0.142. The molecule has 2 unspecified atom stereocenters. The van der Waals surface area contributed by atoms with Gasteiger partial charge in [0.05, 0.1) is 7.11 Å². The summed E-state index contributed by atoms with van der Waals surface area (Å²) < 4.78 is 5.42. The van der Waals surface area contributed by atoms with E-state index in [4.69, 9.17) is 4.74 Å². The number of piperidine rings is 1. The quantitative estimate of drug-likeness (QED) is 0.882. The Morgan fingerprint density at radius 2 is 2.26 bits per heavy atom. The standard InChI is InChI=1S/C16H24N2O/c1-18-9-7-12-5-6-14(19-2)10-15(12)16(18)13-4-3-8-17-11-13/h5-6,10,13,16-17H,3-4,7-9,11H2,1-2H3. The number of hydrogen-bond donors (Lipinski definition) is 1. The van der Waals surface area contributed by atoms with E-state index in [-0.39, 0.29) is 0 Å². The normalized spacial score (nSPS) is 27.9. The Labute approximate surface area is 115 Å². The molecule has 3 nitrogen and oxygen atoms in total. The number of nitrogens with one attached hydrogen (secondary N) is 1. The number of ether oxygens (including phenoxy) is 1. The minimum Gasteiger partial charge on any atom is -0.497 e. The molecule has 2 heterocycles. The molecule has 3 rings (SSSR count). The van der Waals surface area contributed by atoms with E-state index in [1.54, 1.807) is 7.11 Å². The van der Waals surface area contributed by atoms with Gasteiger partial charge in [-0.15, -0.1) is 0 Å². The summed E-state index contributed by atoms with van der Waals surface area (Å²) >= 11 is 0. The van der Waals surface area contributed by atoms with E-state index < -0.39 is 0 Å². The zero-order valence-corrected chi connectivity index (χ0v) is 12.0.